The van der Waals surface area contributed by atoms with Crippen LogP contribution in [0.4, 0.5) is 23.2 Å². The number of rotatable bonds is 4. The molecule has 2 amide bonds. The molecular formula is C17H14F4N2O2. The Labute approximate surface area is 140 Å². The average molecular weight is 354 g/mol. The van der Waals surface area contributed by atoms with E-state index in [4.69, 9.17) is 0 Å². The normalized spacial score (nSPS) is 11.1. The van der Waals surface area contributed by atoms with Gasteiger partial charge in [-0.2, -0.15) is 13.2 Å². The van der Waals surface area contributed by atoms with Gasteiger partial charge in [0.25, 0.3) is 5.91 Å². The topological polar surface area (TPSA) is 58.2 Å². The molecule has 2 aromatic carbocycles. The molecule has 0 aliphatic rings. The van der Waals surface area contributed by atoms with Crippen LogP contribution in [0.3, 0.4) is 0 Å². The standard InChI is InChI=1S/C17H14F4N2O2/c1-10(24)23-14-6-3-11(4-7-14)16(25)22-9-12-2-5-13(18)8-15(12)17(19,20)21/h2-8H,9H2,1H3,(H,22,25)(H,23,24). The maximum absolute atomic E-state index is 13.1. The number of nitrogens with one attached hydrogen (secondary N) is 2. The zero-order valence-electron chi connectivity index (χ0n) is 13.1. The highest BCUT2D eigenvalue weighted by molar-refractivity contribution is 5.95. The second-order valence-corrected chi connectivity index (χ2v) is 5.24. The molecule has 0 heterocycles. The summed E-state index contributed by atoms with van der Waals surface area (Å²) in [5.74, 6) is -1.86. The molecule has 0 saturated carbocycles. The number of benzene rings is 2. The SMILES string of the molecule is CC(=O)Nc1ccc(C(=O)NCc2ccc(F)cc2C(F)(F)F)cc1. The predicted molar refractivity (Wildman–Crippen MR) is 83.3 cm³/mol. The lowest BCUT2D eigenvalue weighted by Crippen LogP contribution is -2.24. The van der Waals surface area contributed by atoms with Crippen LogP contribution >= 0.6 is 0 Å². The lowest BCUT2D eigenvalue weighted by Gasteiger charge is -2.13. The zero-order chi connectivity index (χ0) is 18.6. The maximum Gasteiger partial charge on any atom is 0.416 e. The highest BCUT2D eigenvalue weighted by Gasteiger charge is 2.33. The van der Waals surface area contributed by atoms with Crippen LogP contribution < -0.4 is 10.6 Å². The summed E-state index contributed by atoms with van der Waals surface area (Å²) >= 11 is 0. The monoisotopic (exact) mass is 354 g/mol. The van der Waals surface area contributed by atoms with Crippen LogP contribution in [-0.2, 0) is 17.5 Å². The van der Waals surface area contributed by atoms with Gasteiger partial charge in [-0.15, -0.1) is 0 Å². The smallest absolute Gasteiger partial charge is 0.348 e. The molecule has 0 spiro atoms. The third-order valence-electron chi connectivity index (χ3n) is 3.28. The van der Waals surface area contributed by atoms with Crippen LogP contribution in [-0.4, -0.2) is 11.8 Å². The molecule has 0 saturated heterocycles. The second-order valence-electron chi connectivity index (χ2n) is 5.24. The van der Waals surface area contributed by atoms with Crippen molar-refractivity contribution in [2.75, 3.05) is 5.32 Å². The summed E-state index contributed by atoms with van der Waals surface area (Å²) in [7, 11) is 0. The highest BCUT2D eigenvalue weighted by Crippen LogP contribution is 2.32. The van der Waals surface area contributed by atoms with E-state index in [0.29, 0.717) is 11.8 Å². The fourth-order valence-electron chi connectivity index (χ4n) is 2.15. The molecule has 0 aliphatic heterocycles. The molecule has 0 atom stereocenters. The number of anilines is 1. The first-order valence-electron chi connectivity index (χ1n) is 7.18. The average Bonchev–Trinajstić information content (AvgIpc) is 2.52. The molecule has 2 N–H and O–H groups in total. The van der Waals surface area contributed by atoms with E-state index in [-0.39, 0.29) is 17.0 Å². The summed E-state index contributed by atoms with van der Waals surface area (Å²) in [4.78, 5) is 22.9. The van der Waals surface area contributed by atoms with Gasteiger partial charge in [-0.25, -0.2) is 4.39 Å². The Kier molecular flexibility index (Phi) is 5.41. The van der Waals surface area contributed by atoms with Crippen molar-refractivity contribution in [2.45, 2.75) is 19.6 Å². The summed E-state index contributed by atoms with van der Waals surface area (Å²) < 4.78 is 51.8. The van der Waals surface area contributed by atoms with Gasteiger partial charge in [0.05, 0.1) is 5.56 Å². The Bertz CT molecular complexity index is 786. The van der Waals surface area contributed by atoms with Gasteiger partial charge in [0, 0.05) is 24.7 Å². The Balaban J connectivity index is 2.09. The third-order valence-corrected chi connectivity index (χ3v) is 3.28. The minimum atomic E-state index is -4.72. The van der Waals surface area contributed by atoms with Gasteiger partial charge < -0.3 is 10.6 Å². The number of hydrogen-bond acceptors (Lipinski definition) is 2. The molecule has 0 fully saturated rings. The van der Waals surface area contributed by atoms with Crippen molar-refractivity contribution in [3.63, 3.8) is 0 Å². The van der Waals surface area contributed by atoms with Crippen molar-refractivity contribution in [3.05, 3.63) is 65.0 Å². The Morgan fingerprint density at radius 1 is 1.04 bits per heavy atom. The maximum atomic E-state index is 13.1. The highest BCUT2D eigenvalue weighted by atomic mass is 19.4. The van der Waals surface area contributed by atoms with Crippen LogP contribution in [0.1, 0.15) is 28.4 Å². The molecule has 25 heavy (non-hydrogen) atoms. The van der Waals surface area contributed by atoms with Crippen LogP contribution in [0.2, 0.25) is 0 Å². The van der Waals surface area contributed by atoms with Crippen molar-refractivity contribution in [1.82, 2.24) is 5.32 Å². The first kappa shape index (κ1) is 18.4. The number of carbonyl (C=O) groups excluding carboxylic acids is 2. The Hall–Kier alpha value is -2.90. The van der Waals surface area contributed by atoms with Crippen molar-refractivity contribution >= 4 is 17.5 Å². The fraction of sp³-hybridized carbons (Fsp3) is 0.176. The second kappa shape index (κ2) is 7.33. The van der Waals surface area contributed by atoms with Crippen LogP contribution in [0.25, 0.3) is 0 Å². The predicted octanol–water partition coefficient (Wildman–Crippen LogP) is 3.73. The largest absolute Gasteiger partial charge is 0.416 e. The first-order chi connectivity index (χ1) is 11.7. The minimum absolute atomic E-state index is 0.213. The van der Waals surface area contributed by atoms with Crippen molar-refractivity contribution in [2.24, 2.45) is 0 Å². The number of hydrogen-bond donors (Lipinski definition) is 2. The van der Waals surface area contributed by atoms with Crippen LogP contribution in [0.5, 0.6) is 0 Å². The number of amides is 2. The molecule has 0 aromatic heterocycles. The fourth-order valence-corrected chi connectivity index (χ4v) is 2.15. The zero-order valence-corrected chi connectivity index (χ0v) is 13.1. The van der Waals surface area contributed by atoms with Crippen LogP contribution in [0, 0.1) is 5.82 Å². The molecule has 0 unspecified atom stereocenters. The lowest BCUT2D eigenvalue weighted by molar-refractivity contribution is -0.138. The van der Waals surface area contributed by atoms with E-state index in [0.717, 1.165) is 12.1 Å². The molecule has 0 bridgehead atoms. The molecule has 2 rings (SSSR count). The van der Waals surface area contributed by atoms with Crippen molar-refractivity contribution < 1.29 is 27.2 Å². The number of halogens is 4. The lowest BCUT2D eigenvalue weighted by atomic mass is 10.1. The third kappa shape index (κ3) is 5.03. The van der Waals surface area contributed by atoms with E-state index in [1.165, 1.54) is 31.2 Å². The number of alkyl halides is 3. The first-order valence-corrected chi connectivity index (χ1v) is 7.18. The van der Waals surface area contributed by atoms with Crippen molar-refractivity contribution in [1.29, 1.82) is 0 Å². The molecule has 0 radical (unpaired) electrons. The quantitative estimate of drug-likeness (QED) is 0.822. The minimum Gasteiger partial charge on any atom is -0.348 e. The van der Waals surface area contributed by atoms with E-state index in [1.807, 2.05) is 0 Å². The molecule has 2 aromatic rings. The molecule has 4 nitrogen and oxygen atoms in total. The van der Waals surface area contributed by atoms with Gasteiger partial charge in [-0.3, -0.25) is 9.59 Å². The Morgan fingerprint density at radius 2 is 1.68 bits per heavy atom. The van der Waals surface area contributed by atoms with Crippen molar-refractivity contribution in [3.8, 4) is 0 Å². The van der Waals surface area contributed by atoms with E-state index in [9.17, 15) is 27.2 Å². The molecular weight excluding hydrogens is 340 g/mol. The molecule has 8 heteroatoms. The van der Waals surface area contributed by atoms with E-state index >= 15 is 0 Å². The van der Waals surface area contributed by atoms with Gasteiger partial charge >= 0.3 is 6.18 Å². The summed E-state index contributed by atoms with van der Waals surface area (Å²) in [5, 5.41) is 4.89. The molecule has 132 valence electrons. The molecule has 0 aliphatic carbocycles. The summed E-state index contributed by atoms with van der Waals surface area (Å²) in [5.41, 5.74) is -0.669. The van der Waals surface area contributed by atoms with Crippen LogP contribution in [0.15, 0.2) is 42.5 Å². The summed E-state index contributed by atoms with van der Waals surface area (Å²) in [6, 6.07) is 8.12. The van der Waals surface area contributed by atoms with Gasteiger partial charge in [0.15, 0.2) is 0 Å². The van der Waals surface area contributed by atoms with Gasteiger partial charge in [-0.05, 0) is 42.0 Å². The van der Waals surface area contributed by atoms with E-state index in [1.54, 1.807) is 0 Å². The Morgan fingerprint density at radius 3 is 2.24 bits per heavy atom. The number of carbonyl (C=O) groups is 2. The van der Waals surface area contributed by atoms with E-state index < -0.39 is 30.0 Å². The van der Waals surface area contributed by atoms with Gasteiger partial charge in [0.2, 0.25) is 5.91 Å². The van der Waals surface area contributed by atoms with Gasteiger partial charge in [-0.1, -0.05) is 6.07 Å². The summed E-state index contributed by atoms with van der Waals surface area (Å²) in [6.07, 6.45) is -4.72. The van der Waals surface area contributed by atoms with Gasteiger partial charge in [0.1, 0.15) is 5.82 Å². The van der Waals surface area contributed by atoms with E-state index in [2.05, 4.69) is 10.6 Å². The summed E-state index contributed by atoms with van der Waals surface area (Å²) in [6.45, 7) is 0.933.